The van der Waals surface area contributed by atoms with Gasteiger partial charge < -0.3 is 32.8 Å². The second-order valence-electron chi connectivity index (χ2n) is 9.76. The Hall–Kier alpha value is -5.51. The summed E-state index contributed by atoms with van der Waals surface area (Å²) in [6, 6.07) is 19.2. The molecule has 0 aliphatic carbocycles. The van der Waals surface area contributed by atoms with Crippen molar-refractivity contribution < 1.29 is 46.8 Å². The Kier molecular flexibility index (Phi) is 13.0. The Balaban J connectivity index is 0.000000221. The first kappa shape index (κ1) is 36.3. The van der Waals surface area contributed by atoms with Crippen molar-refractivity contribution >= 4 is 46.2 Å². The number of pyridine rings is 1. The topological polar surface area (TPSA) is 128 Å². The lowest BCUT2D eigenvalue weighted by Gasteiger charge is -2.13. The molecule has 0 unspecified atom stereocenters. The summed E-state index contributed by atoms with van der Waals surface area (Å²) in [6.07, 6.45) is 4.90. The van der Waals surface area contributed by atoms with E-state index in [-0.39, 0.29) is 23.6 Å². The fourth-order valence-corrected chi connectivity index (χ4v) is 4.08. The van der Waals surface area contributed by atoms with Gasteiger partial charge in [-0.1, -0.05) is 29.1 Å². The molecule has 0 spiro atoms. The largest absolute Gasteiger partial charge is 0.479 e. The first-order valence-electron chi connectivity index (χ1n) is 14.6. The van der Waals surface area contributed by atoms with Crippen molar-refractivity contribution in [2.24, 2.45) is 0 Å². The SMILES string of the molecule is C#CCOC(=O)[C@@H](C)Oc1ccc(Oc2ncc(Cl)cc2F)cc1.CCOC(=O)[C@@H](C)Oc1ccc(Oc2nc3ccc(Cl)cc3o2)cc1. The van der Waals surface area contributed by atoms with Gasteiger partial charge in [0, 0.05) is 17.3 Å². The third-order valence-electron chi connectivity index (χ3n) is 6.05. The Morgan fingerprint density at radius 1 is 0.837 bits per heavy atom. The zero-order chi connectivity index (χ0) is 35.3. The molecule has 0 bridgehead atoms. The fourth-order valence-electron chi connectivity index (χ4n) is 3.78. The molecule has 254 valence electrons. The van der Waals surface area contributed by atoms with Crippen molar-refractivity contribution in [2.45, 2.75) is 33.0 Å². The molecule has 0 fully saturated rings. The molecule has 49 heavy (non-hydrogen) atoms. The summed E-state index contributed by atoms with van der Waals surface area (Å²) in [7, 11) is 0. The first-order chi connectivity index (χ1) is 23.5. The van der Waals surface area contributed by atoms with Crippen LogP contribution in [0.3, 0.4) is 0 Å². The van der Waals surface area contributed by atoms with Crippen molar-refractivity contribution in [3.05, 3.63) is 94.9 Å². The summed E-state index contributed by atoms with van der Waals surface area (Å²) in [5.41, 5.74) is 1.20. The number of hydrogen-bond acceptors (Lipinski definition) is 11. The van der Waals surface area contributed by atoms with Gasteiger partial charge >= 0.3 is 18.0 Å². The molecule has 5 aromatic rings. The number of esters is 2. The van der Waals surface area contributed by atoms with Crippen LogP contribution in [-0.4, -0.2) is 47.3 Å². The minimum absolute atomic E-state index is 0.112. The molecule has 3 aromatic carbocycles. The van der Waals surface area contributed by atoms with Gasteiger partial charge in [-0.15, -0.1) is 6.42 Å². The van der Waals surface area contributed by atoms with Crippen LogP contribution in [0.15, 0.2) is 83.4 Å². The predicted molar refractivity (Wildman–Crippen MR) is 178 cm³/mol. The number of hydrogen-bond donors (Lipinski definition) is 0. The average Bonchev–Trinajstić information content (AvgIpc) is 3.48. The lowest BCUT2D eigenvalue weighted by Crippen LogP contribution is -2.26. The van der Waals surface area contributed by atoms with Crippen molar-refractivity contribution in [3.8, 4) is 47.3 Å². The first-order valence-corrected chi connectivity index (χ1v) is 15.3. The van der Waals surface area contributed by atoms with Gasteiger partial charge in [0.1, 0.15) is 28.5 Å². The molecule has 11 nitrogen and oxygen atoms in total. The van der Waals surface area contributed by atoms with E-state index in [2.05, 4.69) is 15.9 Å². The fraction of sp³-hybridized carbons (Fsp3) is 0.200. The highest BCUT2D eigenvalue weighted by Gasteiger charge is 2.17. The van der Waals surface area contributed by atoms with Crippen LogP contribution in [-0.2, 0) is 19.1 Å². The Bertz CT molecular complexity index is 1910. The number of benzene rings is 3. The molecular formula is C35H29Cl2FN2O9. The van der Waals surface area contributed by atoms with E-state index < -0.39 is 30.0 Å². The molecule has 5 rings (SSSR count). The van der Waals surface area contributed by atoms with E-state index in [0.717, 1.165) is 6.07 Å². The van der Waals surface area contributed by atoms with Crippen molar-refractivity contribution in [1.82, 2.24) is 9.97 Å². The Morgan fingerprint density at radius 2 is 1.41 bits per heavy atom. The van der Waals surface area contributed by atoms with Crippen LogP contribution in [0.2, 0.25) is 10.0 Å². The molecule has 0 aliphatic rings. The maximum Gasteiger partial charge on any atom is 0.400 e. The van der Waals surface area contributed by atoms with E-state index in [1.54, 1.807) is 80.6 Å². The number of nitrogens with zero attached hydrogens (tertiary/aromatic N) is 2. The predicted octanol–water partition coefficient (Wildman–Crippen LogP) is 8.21. The average molecular weight is 712 g/mol. The minimum atomic E-state index is -0.819. The van der Waals surface area contributed by atoms with Gasteiger partial charge in [-0.05, 0) is 87.5 Å². The summed E-state index contributed by atoms with van der Waals surface area (Å²) in [6.45, 7) is 5.12. The monoisotopic (exact) mass is 710 g/mol. The highest BCUT2D eigenvalue weighted by Crippen LogP contribution is 2.29. The summed E-state index contributed by atoms with van der Waals surface area (Å²) in [4.78, 5) is 31.1. The Labute approximate surface area is 290 Å². The molecule has 2 atom stereocenters. The molecule has 0 saturated heterocycles. The Morgan fingerprint density at radius 3 is 1.98 bits per heavy atom. The number of carbonyl (C=O) groups is 2. The van der Waals surface area contributed by atoms with Crippen molar-refractivity contribution in [1.29, 1.82) is 0 Å². The number of ether oxygens (including phenoxy) is 6. The standard InChI is InChI=1S/C18H16ClNO5.C17H13ClFNO4/c1-3-22-17(21)11(2)23-13-5-7-14(8-6-13)24-18-20-15-9-4-12(19)10-16(15)25-18;1-3-8-22-17(21)11(2)23-13-4-6-14(7-5-13)24-16-15(19)9-12(18)10-20-16/h4-11H,3H2,1-2H3;1,4-7,9-11H,8H2,2H3/t2*11-/m11/s1. The summed E-state index contributed by atoms with van der Waals surface area (Å²) < 4.78 is 50.6. The van der Waals surface area contributed by atoms with Crippen LogP contribution >= 0.6 is 23.2 Å². The normalized spacial score (nSPS) is 11.6. The molecule has 14 heteroatoms. The third-order valence-corrected chi connectivity index (χ3v) is 6.49. The van der Waals surface area contributed by atoms with E-state index >= 15 is 0 Å². The minimum Gasteiger partial charge on any atom is -0.479 e. The third kappa shape index (κ3) is 11.0. The van der Waals surface area contributed by atoms with Crippen LogP contribution in [0.25, 0.3) is 11.1 Å². The molecule has 2 heterocycles. The van der Waals surface area contributed by atoms with Crippen molar-refractivity contribution in [3.63, 3.8) is 0 Å². The lowest BCUT2D eigenvalue weighted by atomic mass is 10.3. The van der Waals surface area contributed by atoms with Crippen LogP contribution in [0.5, 0.6) is 35.0 Å². The molecule has 2 aromatic heterocycles. The molecule has 0 amide bonds. The number of aromatic nitrogens is 2. The molecule has 0 N–H and O–H groups in total. The van der Waals surface area contributed by atoms with Gasteiger partial charge in [0.05, 0.1) is 11.6 Å². The molecule has 0 saturated carbocycles. The maximum absolute atomic E-state index is 13.6. The number of fused-ring (bicyclic) bond motifs is 1. The second-order valence-corrected chi connectivity index (χ2v) is 10.6. The van der Waals surface area contributed by atoms with E-state index in [1.807, 2.05) is 0 Å². The van der Waals surface area contributed by atoms with Crippen LogP contribution in [0.4, 0.5) is 4.39 Å². The van der Waals surface area contributed by atoms with E-state index in [9.17, 15) is 14.0 Å². The van der Waals surface area contributed by atoms with Gasteiger partial charge in [-0.2, -0.15) is 4.98 Å². The van der Waals surface area contributed by atoms with Gasteiger partial charge in [0.25, 0.3) is 5.88 Å². The lowest BCUT2D eigenvalue weighted by molar-refractivity contribution is -0.150. The molecule has 0 aliphatic heterocycles. The molecular weight excluding hydrogens is 682 g/mol. The highest BCUT2D eigenvalue weighted by atomic mass is 35.5. The van der Waals surface area contributed by atoms with Gasteiger partial charge in [0.2, 0.25) is 0 Å². The van der Waals surface area contributed by atoms with E-state index in [0.29, 0.717) is 45.7 Å². The quantitative estimate of drug-likeness (QED) is 0.0917. The number of oxazole rings is 1. The van der Waals surface area contributed by atoms with E-state index in [4.69, 9.17) is 62.5 Å². The number of carbonyl (C=O) groups excluding carboxylic acids is 2. The highest BCUT2D eigenvalue weighted by molar-refractivity contribution is 6.31. The zero-order valence-electron chi connectivity index (χ0n) is 26.4. The molecule has 0 radical (unpaired) electrons. The van der Waals surface area contributed by atoms with Gasteiger partial charge in [0.15, 0.2) is 30.2 Å². The number of terminal acetylenes is 1. The number of rotatable bonds is 12. The summed E-state index contributed by atoms with van der Waals surface area (Å²) in [5.74, 6) is 2.16. The van der Waals surface area contributed by atoms with Crippen LogP contribution < -0.4 is 18.9 Å². The van der Waals surface area contributed by atoms with Gasteiger partial charge in [-0.25, -0.2) is 19.0 Å². The second kappa shape index (κ2) is 17.6. The van der Waals surface area contributed by atoms with Crippen LogP contribution in [0.1, 0.15) is 20.8 Å². The summed E-state index contributed by atoms with van der Waals surface area (Å²) >= 11 is 11.5. The van der Waals surface area contributed by atoms with E-state index in [1.165, 1.54) is 13.1 Å². The van der Waals surface area contributed by atoms with Crippen LogP contribution in [0, 0.1) is 18.2 Å². The maximum atomic E-state index is 13.6. The smallest absolute Gasteiger partial charge is 0.400 e. The zero-order valence-corrected chi connectivity index (χ0v) is 27.9. The van der Waals surface area contributed by atoms with Crippen molar-refractivity contribution in [2.75, 3.05) is 13.2 Å². The van der Waals surface area contributed by atoms with Gasteiger partial charge in [-0.3, -0.25) is 0 Å². The summed E-state index contributed by atoms with van der Waals surface area (Å²) in [5, 5.41) is 0.738. The number of halogens is 3.